The van der Waals surface area contributed by atoms with Gasteiger partial charge < -0.3 is 5.11 Å². The molecule has 1 aromatic rings. The third-order valence-electron chi connectivity index (χ3n) is 2.41. The van der Waals surface area contributed by atoms with Crippen molar-refractivity contribution in [1.29, 1.82) is 5.26 Å². The van der Waals surface area contributed by atoms with Crippen LogP contribution < -0.4 is 0 Å². The fourth-order valence-corrected chi connectivity index (χ4v) is 2.39. The molecule has 0 saturated heterocycles. The van der Waals surface area contributed by atoms with E-state index < -0.39 is 0 Å². The Morgan fingerprint density at radius 3 is 2.88 bits per heavy atom. The molecule has 0 radical (unpaired) electrons. The van der Waals surface area contributed by atoms with Crippen molar-refractivity contribution in [1.82, 2.24) is 4.90 Å². The van der Waals surface area contributed by atoms with Crippen LogP contribution in [0.1, 0.15) is 30.2 Å². The van der Waals surface area contributed by atoms with Crippen LogP contribution in [0, 0.1) is 11.3 Å². The Hall–Kier alpha value is -0.890. The Labute approximate surface area is 101 Å². The van der Waals surface area contributed by atoms with Crippen LogP contribution in [0.25, 0.3) is 0 Å². The number of aliphatic hydroxyl groups excluding tert-OH is 1. The SMILES string of the molecule is CCCCN(CCO)Cc1cc(C#N)cs1. The number of aliphatic hydroxyl groups is 1. The van der Waals surface area contributed by atoms with Crippen LogP contribution in [-0.2, 0) is 6.54 Å². The summed E-state index contributed by atoms with van der Waals surface area (Å²) in [6.07, 6.45) is 2.31. The molecule has 0 unspecified atom stereocenters. The van der Waals surface area contributed by atoms with Gasteiger partial charge in [-0.05, 0) is 19.0 Å². The molecule has 0 aliphatic carbocycles. The second-order valence-corrected chi connectivity index (χ2v) is 4.76. The summed E-state index contributed by atoms with van der Waals surface area (Å²) in [5.74, 6) is 0. The third-order valence-corrected chi connectivity index (χ3v) is 3.33. The normalized spacial score (nSPS) is 10.6. The molecule has 0 aliphatic rings. The van der Waals surface area contributed by atoms with Crippen molar-refractivity contribution in [3.05, 3.63) is 21.9 Å². The highest BCUT2D eigenvalue weighted by molar-refractivity contribution is 7.10. The summed E-state index contributed by atoms with van der Waals surface area (Å²) in [6.45, 7) is 4.92. The molecule has 4 heteroatoms. The van der Waals surface area contributed by atoms with Crippen LogP contribution in [0.3, 0.4) is 0 Å². The first kappa shape index (κ1) is 13.2. The number of hydrogen-bond donors (Lipinski definition) is 1. The summed E-state index contributed by atoms with van der Waals surface area (Å²) in [6, 6.07) is 4.07. The molecule has 0 atom stereocenters. The molecule has 0 aromatic carbocycles. The van der Waals surface area contributed by atoms with Gasteiger partial charge in [-0.3, -0.25) is 4.90 Å². The smallest absolute Gasteiger partial charge is 0.100 e. The molecule has 1 rings (SSSR count). The third kappa shape index (κ3) is 4.31. The molecule has 1 N–H and O–H groups in total. The first-order valence-electron chi connectivity index (χ1n) is 5.61. The molecule has 1 aromatic heterocycles. The molecule has 0 saturated carbocycles. The van der Waals surface area contributed by atoms with Crippen LogP contribution in [0.5, 0.6) is 0 Å². The van der Waals surface area contributed by atoms with Crippen LogP contribution in [0.2, 0.25) is 0 Å². The van der Waals surface area contributed by atoms with Gasteiger partial charge in [-0.2, -0.15) is 5.26 Å². The first-order chi connectivity index (χ1) is 7.80. The van der Waals surface area contributed by atoms with Gasteiger partial charge in [0.15, 0.2) is 0 Å². The second-order valence-electron chi connectivity index (χ2n) is 3.77. The lowest BCUT2D eigenvalue weighted by Gasteiger charge is -2.19. The Morgan fingerprint density at radius 2 is 2.31 bits per heavy atom. The Morgan fingerprint density at radius 1 is 1.50 bits per heavy atom. The van der Waals surface area contributed by atoms with E-state index in [1.54, 1.807) is 11.3 Å². The number of rotatable bonds is 7. The van der Waals surface area contributed by atoms with Crippen molar-refractivity contribution < 1.29 is 5.11 Å². The average molecular weight is 238 g/mol. The lowest BCUT2D eigenvalue weighted by Crippen LogP contribution is -2.27. The summed E-state index contributed by atoms with van der Waals surface area (Å²) in [7, 11) is 0. The molecule has 0 amide bonds. The minimum absolute atomic E-state index is 0.195. The number of hydrogen-bond acceptors (Lipinski definition) is 4. The van der Waals surface area contributed by atoms with Gasteiger partial charge in [-0.1, -0.05) is 13.3 Å². The van der Waals surface area contributed by atoms with Crippen molar-refractivity contribution in [3.8, 4) is 6.07 Å². The van der Waals surface area contributed by atoms with Crippen LogP contribution in [0.4, 0.5) is 0 Å². The summed E-state index contributed by atoms with van der Waals surface area (Å²) >= 11 is 1.62. The standard InChI is InChI=1S/C12H18N2OS/c1-2-3-4-14(5-6-15)9-12-7-11(8-13)10-16-12/h7,10,15H,2-6,9H2,1H3. The van der Waals surface area contributed by atoms with Gasteiger partial charge in [0.1, 0.15) is 6.07 Å². The number of unbranched alkanes of at least 4 members (excludes halogenated alkanes) is 1. The fraction of sp³-hybridized carbons (Fsp3) is 0.583. The van der Waals surface area contributed by atoms with Crippen molar-refractivity contribution in [2.24, 2.45) is 0 Å². The van der Waals surface area contributed by atoms with E-state index in [9.17, 15) is 0 Å². The first-order valence-corrected chi connectivity index (χ1v) is 6.48. The maximum Gasteiger partial charge on any atom is 0.100 e. The van der Waals surface area contributed by atoms with Crippen LogP contribution >= 0.6 is 11.3 Å². The van der Waals surface area contributed by atoms with E-state index in [4.69, 9.17) is 10.4 Å². The highest BCUT2D eigenvalue weighted by Crippen LogP contribution is 2.16. The van der Waals surface area contributed by atoms with Crippen molar-refractivity contribution in [2.45, 2.75) is 26.3 Å². The van der Waals surface area contributed by atoms with Crippen molar-refractivity contribution in [2.75, 3.05) is 19.7 Å². The maximum absolute atomic E-state index is 8.97. The largest absolute Gasteiger partial charge is 0.395 e. The Kier molecular flexibility index (Phi) is 6.09. The molecule has 1 heterocycles. The number of nitrogens with zero attached hydrogens (tertiary/aromatic N) is 2. The van der Waals surface area contributed by atoms with Gasteiger partial charge in [-0.15, -0.1) is 11.3 Å². The predicted octanol–water partition coefficient (Wildman–Crippen LogP) is 2.21. The van der Waals surface area contributed by atoms with E-state index in [2.05, 4.69) is 17.9 Å². The summed E-state index contributed by atoms with van der Waals surface area (Å²) in [4.78, 5) is 3.43. The number of nitriles is 1. The van der Waals surface area contributed by atoms with Gasteiger partial charge in [-0.25, -0.2) is 0 Å². The lowest BCUT2D eigenvalue weighted by molar-refractivity contribution is 0.189. The monoisotopic (exact) mass is 238 g/mol. The fourth-order valence-electron chi connectivity index (χ4n) is 1.54. The minimum atomic E-state index is 0.195. The van der Waals surface area contributed by atoms with Gasteiger partial charge in [0.05, 0.1) is 12.2 Å². The molecule has 0 aliphatic heterocycles. The summed E-state index contributed by atoms with van der Waals surface area (Å²) < 4.78 is 0. The molecule has 3 nitrogen and oxygen atoms in total. The zero-order chi connectivity index (χ0) is 11.8. The van der Waals surface area contributed by atoms with Crippen LogP contribution in [0.15, 0.2) is 11.4 Å². The molecule has 16 heavy (non-hydrogen) atoms. The summed E-state index contributed by atoms with van der Waals surface area (Å²) in [5.41, 5.74) is 0.736. The molecule has 88 valence electrons. The van der Waals surface area contributed by atoms with E-state index in [1.807, 2.05) is 11.4 Å². The van der Waals surface area contributed by atoms with E-state index in [0.717, 1.165) is 31.5 Å². The quantitative estimate of drug-likeness (QED) is 0.792. The zero-order valence-electron chi connectivity index (χ0n) is 9.65. The molecule has 0 bridgehead atoms. The second kappa shape index (κ2) is 7.39. The topological polar surface area (TPSA) is 47.3 Å². The molecular weight excluding hydrogens is 220 g/mol. The van der Waals surface area contributed by atoms with Gasteiger partial charge in [0, 0.05) is 23.3 Å². The predicted molar refractivity (Wildman–Crippen MR) is 66.3 cm³/mol. The molecule has 0 fully saturated rings. The minimum Gasteiger partial charge on any atom is -0.395 e. The van der Waals surface area contributed by atoms with Crippen molar-refractivity contribution >= 4 is 11.3 Å². The Bertz CT molecular complexity index is 343. The van der Waals surface area contributed by atoms with Gasteiger partial charge in [0.25, 0.3) is 0 Å². The molecule has 0 spiro atoms. The van der Waals surface area contributed by atoms with E-state index in [0.29, 0.717) is 6.54 Å². The average Bonchev–Trinajstić information content (AvgIpc) is 2.74. The van der Waals surface area contributed by atoms with Gasteiger partial charge in [0.2, 0.25) is 0 Å². The van der Waals surface area contributed by atoms with Crippen LogP contribution in [-0.4, -0.2) is 29.7 Å². The molecular formula is C12H18N2OS. The zero-order valence-corrected chi connectivity index (χ0v) is 10.5. The maximum atomic E-state index is 8.97. The highest BCUT2D eigenvalue weighted by Gasteiger charge is 2.06. The summed E-state index contributed by atoms with van der Waals surface area (Å²) in [5, 5.41) is 19.6. The highest BCUT2D eigenvalue weighted by atomic mass is 32.1. The Balaban J connectivity index is 2.50. The van der Waals surface area contributed by atoms with E-state index >= 15 is 0 Å². The van der Waals surface area contributed by atoms with Crippen molar-refractivity contribution in [3.63, 3.8) is 0 Å². The van der Waals surface area contributed by atoms with E-state index in [-0.39, 0.29) is 6.61 Å². The number of thiophene rings is 1. The van der Waals surface area contributed by atoms with E-state index in [1.165, 1.54) is 4.88 Å². The van der Waals surface area contributed by atoms with Gasteiger partial charge >= 0.3 is 0 Å². The lowest BCUT2D eigenvalue weighted by atomic mass is 10.3.